The maximum atomic E-state index is 13.6. The Hall–Kier alpha value is -4.04. The predicted molar refractivity (Wildman–Crippen MR) is 137 cm³/mol. The van der Waals surface area contributed by atoms with E-state index >= 15 is 0 Å². The first-order valence-corrected chi connectivity index (χ1v) is 11.7. The standard InChI is InChI=1S/C27H19BrN2O5/c1-3-35-18-10-8-17(9-11-18)29-26(31)21-6-4-5-20-24(21)22(27(29)32)14-23(30(33)34)25(20)19-12-7-16(28)13-15(19)2/h4-14H,3H2,1-2H3. The van der Waals surface area contributed by atoms with Gasteiger partial charge in [0, 0.05) is 21.5 Å². The van der Waals surface area contributed by atoms with Gasteiger partial charge in [0.15, 0.2) is 0 Å². The highest BCUT2D eigenvalue weighted by Gasteiger charge is 2.37. The van der Waals surface area contributed by atoms with Gasteiger partial charge < -0.3 is 4.74 Å². The minimum absolute atomic E-state index is 0.120. The van der Waals surface area contributed by atoms with Gasteiger partial charge in [-0.25, -0.2) is 4.90 Å². The van der Waals surface area contributed by atoms with E-state index in [9.17, 15) is 19.7 Å². The van der Waals surface area contributed by atoms with E-state index in [2.05, 4.69) is 15.9 Å². The Bertz CT molecular complexity index is 1550. The van der Waals surface area contributed by atoms with Crippen molar-refractivity contribution in [3.05, 3.63) is 98.0 Å². The molecule has 1 aliphatic heterocycles. The molecule has 4 aromatic rings. The van der Waals surface area contributed by atoms with E-state index in [0.29, 0.717) is 45.5 Å². The average molecular weight is 531 g/mol. The molecule has 4 aromatic carbocycles. The van der Waals surface area contributed by atoms with Crippen molar-refractivity contribution in [1.29, 1.82) is 0 Å². The van der Waals surface area contributed by atoms with E-state index in [1.807, 2.05) is 26.0 Å². The van der Waals surface area contributed by atoms with Crippen LogP contribution in [0.3, 0.4) is 0 Å². The highest BCUT2D eigenvalue weighted by molar-refractivity contribution is 9.10. The number of benzene rings is 4. The number of anilines is 1. The van der Waals surface area contributed by atoms with Crippen molar-refractivity contribution in [3.8, 4) is 16.9 Å². The van der Waals surface area contributed by atoms with Crippen molar-refractivity contribution < 1.29 is 19.2 Å². The van der Waals surface area contributed by atoms with Crippen LogP contribution in [0, 0.1) is 17.0 Å². The third kappa shape index (κ3) is 3.66. The van der Waals surface area contributed by atoms with E-state index in [4.69, 9.17) is 4.74 Å². The molecule has 2 amide bonds. The van der Waals surface area contributed by atoms with Gasteiger partial charge in [-0.1, -0.05) is 34.1 Å². The number of nitrogens with zero attached hydrogens (tertiary/aromatic N) is 2. The van der Waals surface area contributed by atoms with E-state index < -0.39 is 16.7 Å². The molecule has 0 radical (unpaired) electrons. The third-order valence-electron chi connectivity index (χ3n) is 6.07. The van der Waals surface area contributed by atoms with Crippen LogP contribution in [0.25, 0.3) is 21.9 Å². The molecule has 0 aromatic heterocycles. The summed E-state index contributed by atoms with van der Waals surface area (Å²) in [7, 11) is 0. The zero-order valence-electron chi connectivity index (χ0n) is 18.9. The van der Waals surface area contributed by atoms with Gasteiger partial charge in [0.1, 0.15) is 5.75 Å². The Morgan fingerprint density at radius 1 is 0.943 bits per heavy atom. The van der Waals surface area contributed by atoms with Crippen LogP contribution >= 0.6 is 15.9 Å². The summed E-state index contributed by atoms with van der Waals surface area (Å²) in [4.78, 5) is 39.9. The number of nitro benzene ring substituents is 1. The van der Waals surface area contributed by atoms with Crippen LogP contribution in [0.1, 0.15) is 33.2 Å². The summed E-state index contributed by atoms with van der Waals surface area (Å²) in [5.41, 5.74) is 2.48. The molecule has 0 N–H and O–H groups in total. The summed E-state index contributed by atoms with van der Waals surface area (Å²) >= 11 is 3.43. The number of carbonyl (C=O) groups is 2. The van der Waals surface area contributed by atoms with Crippen LogP contribution in [0.2, 0.25) is 0 Å². The fourth-order valence-electron chi connectivity index (χ4n) is 4.58. The number of hydrogen-bond acceptors (Lipinski definition) is 5. The molecule has 1 aliphatic rings. The molecule has 7 nitrogen and oxygen atoms in total. The molecule has 0 aliphatic carbocycles. The summed E-state index contributed by atoms with van der Waals surface area (Å²) in [5, 5.41) is 13.1. The summed E-state index contributed by atoms with van der Waals surface area (Å²) in [6, 6.07) is 18.4. The zero-order valence-corrected chi connectivity index (χ0v) is 20.5. The zero-order chi connectivity index (χ0) is 24.9. The van der Waals surface area contributed by atoms with Gasteiger partial charge in [-0.05, 0) is 72.8 Å². The highest BCUT2D eigenvalue weighted by Crippen LogP contribution is 2.44. The number of aryl methyl sites for hydroxylation is 1. The maximum Gasteiger partial charge on any atom is 0.278 e. The van der Waals surface area contributed by atoms with Gasteiger partial charge in [0.25, 0.3) is 17.5 Å². The van der Waals surface area contributed by atoms with Crippen LogP contribution in [-0.4, -0.2) is 23.3 Å². The second kappa shape index (κ2) is 8.63. The molecule has 0 saturated heterocycles. The number of nitro groups is 1. The molecular weight excluding hydrogens is 512 g/mol. The summed E-state index contributed by atoms with van der Waals surface area (Å²) in [6.07, 6.45) is 0. The first-order valence-electron chi connectivity index (χ1n) is 10.9. The highest BCUT2D eigenvalue weighted by atomic mass is 79.9. The number of hydrogen-bond donors (Lipinski definition) is 0. The Morgan fingerprint density at radius 2 is 1.66 bits per heavy atom. The molecule has 1 heterocycles. The second-order valence-corrected chi connectivity index (χ2v) is 9.05. The van der Waals surface area contributed by atoms with Crippen LogP contribution in [0.5, 0.6) is 5.75 Å². The summed E-state index contributed by atoms with van der Waals surface area (Å²) < 4.78 is 6.30. The Labute approximate surface area is 209 Å². The quantitative estimate of drug-likeness (QED) is 0.163. The molecule has 35 heavy (non-hydrogen) atoms. The Balaban J connectivity index is 1.77. The van der Waals surface area contributed by atoms with Crippen molar-refractivity contribution in [3.63, 3.8) is 0 Å². The number of amides is 2. The van der Waals surface area contributed by atoms with Crippen molar-refractivity contribution in [1.82, 2.24) is 0 Å². The van der Waals surface area contributed by atoms with Gasteiger partial charge >= 0.3 is 0 Å². The molecular formula is C27H19BrN2O5. The van der Waals surface area contributed by atoms with Crippen molar-refractivity contribution >= 4 is 49.9 Å². The fourth-order valence-corrected chi connectivity index (χ4v) is 5.05. The molecule has 0 unspecified atom stereocenters. The number of rotatable bonds is 5. The van der Waals surface area contributed by atoms with Gasteiger partial charge in [0.2, 0.25) is 0 Å². The lowest BCUT2D eigenvalue weighted by molar-refractivity contribution is -0.384. The molecule has 8 heteroatoms. The smallest absolute Gasteiger partial charge is 0.278 e. The van der Waals surface area contributed by atoms with Crippen LogP contribution in [-0.2, 0) is 0 Å². The average Bonchev–Trinajstić information content (AvgIpc) is 2.83. The first-order chi connectivity index (χ1) is 16.8. The number of imide groups is 1. The second-order valence-electron chi connectivity index (χ2n) is 8.14. The van der Waals surface area contributed by atoms with E-state index in [0.717, 1.165) is 14.9 Å². The van der Waals surface area contributed by atoms with E-state index in [-0.39, 0.29) is 11.3 Å². The Kier molecular flexibility index (Phi) is 5.61. The van der Waals surface area contributed by atoms with Gasteiger partial charge in [0.05, 0.1) is 28.3 Å². The van der Waals surface area contributed by atoms with Crippen LogP contribution in [0.15, 0.2) is 71.2 Å². The topological polar surface area (TPSA) is 89.8 Å². The lowest BCUT2D eigenvalue weighted by atomic mass is 9.86. The summed E-state index contributed by atoms with van der Waals surface area (Å²) in [5.74, 6) is -0.476. The van der Waals surface area contributed by atoms with Crippen LogP contribution < -0.4 is 9.64 Å². The lowest BCUT2D eigenvalue weighted by Gasteiger charge is -2.28. The number of ether oxygens (including phenoxy) is 1. The maximum absolute atomic E-state index is 13.6. The minimum atomic E-state index is -0.606. The monoisotopic (exact) mass is 530 g/mol. The van der Waals surface area contributed by atoms with Crippen molar-refractivity contribution in [2.24, 2.45) is 0 Å². The number of halogens is 1. The Morgan fingerprint density at radius 3 is 2.31 bits per heavy atom. The lowest BCUT2D eigenvalue weighted by Crippen LogP contribution is -2.40. The van der Waals surface area contributed by atoms with E-state index in [1.165, 1.54) is 6.07 Å². The molecule has 0 fully saturated rings. The van der Waals surface area contributed by atoms with Crippen molar-refractivity contribution in [2.75, 3.05) is 11.5 Å². The molecule has 174 valence electrons. The van der Waals surface area contributed by atoms with Gasteiger partial charge in [-0.15, -0.1) is 0 Å². The largest absolute Gasteiger partial charge is 0.494 e. The SMILES string of the molecule is CCOc1ccc(N2C(=O)c3cccc4c(-c5ccc(Br)cc5C)c([N+](=O)[O-])cc(c34)C2=O)cc1. The first kappa shape index (κ1) is 22.7. The number of carbonyl (C=O) groups excluding carboxylic acids is 2. The van der Waals surface area contributed by atoms with Crippen LogP contribution in [0.4, 0.5) is 11.4 Å². The molecule has 0 bridgehead atoms. The van der Waals surface area contributed by atoms with Crippen molar-refractivity contribution in [2.45, 2.75) is 13.8 Å². The van der Waals surface area contributed by atoms with Gasteiger partial charge in [-0.3, -0.25) is 19.7 Å². The molecule has 0 atom stereocenters. The third-order valence-corrected chi connectivity index (χ3v) is 6.56. The molecule has 0 saturated carbocycles. The molecule has 5 rings (SSSR count). The fraction of sp³-hybridized carbons (Fsp3) is 0.111. The predicted octanol–water partition coefficient (Wildman–Crippen LogP) is 6.69. The normalized spacial score (nSPS) is 12.8. The minimum Gasteiger partial charge on any atom is -0.494 e. The van der Waals surface area contributed by atoms with Gasteiger partial charge in [-0.2, -0.15) is 0 Å². The summed E-state index contributed by atoms with van der Waals surface area (Å²) in [6.45, 7) is 4.21. The van der Waals surface area contributed by atoms with E-state index in [1.54, 1.807) is 48.5 Å². The molecule has 0 spiro atoms.